The average molecular weight is 297 g/mol. The molecule has 2 rings (SSSR count). The molecule has 0 amide bonds. The molecule has 0 aliphatic carbocycles. The van der Waals surface area contributed by atoms with Crippen molar-refractivity contribution in [3.8, 4) is 5.75 Å². The second kappa shape index (κ2) is 8.32. The van der Waals surface area contributed by atoms with Gasteiger partial charge in [-0.3, -0.25) is 0 Å². The molecule has 1 fully saturated rings. The molecule has 1 saturated heterocycles. The lowest BCUT2D eigenvalue weighted by molar-refractivity contribution is 0.0165. The molecule has 1 aliphatic rings. The number of nitrogens with one attached hydrogen (secondary N) is 1. The zero-order chi connectivity index (χ0) is 15.1. The van der Waals surface area contributed by atoms with Crippen molar-refractivity contribution in [3.63, 3.8) is 0 Å². The number of ether oxygens (including phenoxy) is 2. The van der Waals surface area contributed by atoms with E-state index in [0.29, 0.717) is 18.8 Å². The Morgan fingerprint density at radius 3 is 3.10 bits per heavy atom. The summed E-state index contributed by atoms with van der Waals surface area (Å²) in [6.07, 6.45) is 3.36. The smallest absolute Gasteiger partial charge is 0.131 e. The van der Waals surface area contributed by atoms with Gasteiger partial charge in [0.2, 0.25) is 0 Å². The quantitative estimate of drug-likeness (QED) is 0.724. The first kappa shape index (κ1) is 16.2. The molecule has 1 aliphatic heterocycles. The third kappa shape index (κ3) is 5.26. The molecule has 0 aromatic heterocycles. The Morgan fingerprint density at radius 2 is 2.38 bits per heavy atom. The second-order valence-electron chi connectivity index (χ2n) is 5.45. The van der Waals surface area contributed by atoms with Crippen LogP contribution in [0.25, 0.3) is 0 Å². The number of hydrogen-bond acceptors (Lipinski definition) is 4. The van der Waals surface area contributed by atoms with E-state index in [1.165, 1.54) is 6.07 Å². The maximum absolute atomic E-state index is 13.7. The maximum Gasteiger partial charge on any atom is 0.131 e. The predicted octanol–water partition coefficient (Wildman–Crippen LogP) is 2.77. The van der Waals surface area contributed by atoms with Gasteiger partial charge in [-0.05, 0) is 38.8 Å². The topological polar surface area (TPSA) is 50.7 Å². The number of aromatic hydroxyl groups is 1. The molecular formula is C16H24FNO3. The molecule has 0 bridgehead atoms. The van der Waals surface area contributed by atoms with Gasteiger partial charge in [0.05, 0.1) is 12.7 Å². The van der Waals surface area contributed by atoms with Gasteiger partial charge in [0.15, 0.2) is 0 Å². The maximum atomic E-state index is 13.7. The van der Waals surface area contributed by atoms with E-state index < -0.39 is 0 Å². The van der Waals surface area contributed by atoms with Crippen molar-refractivity contribution in [2.75, 3.05) is 26.4 Å². The van der Waals surface area contributed by atoms with Crippen molar-refractivity contribution in [1.82, 2.24) is 5.32 Å². The molecule has 1 aromatic rings. The van der Waals surface area contributed by atoms with E-state index in [2.05, 4.69) is 5.32 Å². The van der Waals surface area contributed by atoms with E-state index in [-0.39, 0.29) is 23.7 Å². The molecule has 118 valence electrons. The summed E-state index contributed by atoms with van der Waals surface area (Å²) < 4.78 is 24.7. The van der Waals surface area contributed by atoms with Crippen molar-refractivity contribution >= 4 is 0 Å². The van der Waals surface area contributed by atoms with Gasteiger partial charge < -0.3 is 19.9 Å². The van der Waals surface area contributed by atoms with Crippen LogP contribution < -0.4 is 5.32 Å². The Morgan fingerprint density at radius 1 is 1.52 bits per heavy atom. The summed E-state index contributed by atoms with van der Waals surface area (Å²) in [5.41, 5.74) is 0.563. The minimum atomic E-state index is -0.385. The average Bonchev–Trinajstić information content (AvgIpc) is 2.95. The van der Waals surface area contributed by atoms with Crippen LogP contribution in [0.1, 0.15) is 37.8 Å². The molecule has 0 spiro atoms. The normalized spacial score (nSPS) is 19.8. The minimum Gasteiger partial charge on any atom is -0.508 e. The van der Waals surface area contributed by atoms with Crippen molar-refractivity contribution < 1.29 is 19.0 Å². The van der Waals surface area contributed by atoms with Gasteiger partial charge >= 0.3 is 0 Å². The van der Waals surface area contributed by atoms with E-state index >= 15 is 0 Å². The van der Waals surface area contributed by atoms with Crippen LogP contribution in [0, 0.1) is 5.82 Å². The molecule has 0 radical (unpaired) electrons. The lowest BCUT2D eigenvalue weighted by Crippen LogP contribution is -2.22. The van der Waals surface area contributed by atoms with Gasteiger partial charge in [0, 0.05) is 30.9 Å². The summed E-state index contributed by atoms with van der Waals surface area (Å²) in [5.74, 6) is -0.435. The Labute approximate surface area is 125 Å². The zero-order valence-electron chi connectivity index (χ0n) is 12.5. The Balaban J connectivity index is 1.59. The lowest BCUT2D eigenvalue weighted by Gasteiger charge is -2.15. The molecule has 1 aromatic carbocycles. The largest absolute Gasteiger partial charge is 0.508 e. The number of phenolic OH excluding ortho intramolecular Hbond substituents is 1. The Bertz CT molecular complexity index is 436. The molecular weight excluding hydrogens is 273 g/mol. The third-order valence-electron chi connectivity index (χ3n) is 3.69. The highest BCUT2D eigenvalue weighted by molar-refractivity contribution is 5.29. The predicted molar refractivity (Wildman–Crippen MR) is 78.9 cm³/mol. The van der Waals surface area contributed by atoms with Gasteiger partial charge in [0.25, 0.3) is 0 Å². The summed E-state index contributed by atoms with van der Waals surface area (Å²) in [5, 5.41) is 12.4. The summed E-state index contributed by atoms with van der Waals surface area (Å²) in [6, 6.07) is 4.15. The van der Waals surface area contributed by atoms with Crippen LogP contribution in [0.3, 0.4) is 0 Å². The van der Waals surface area contributed by atoms with Crippen molar-refractivity contribution in [2.45, 2.75) is 38.3 Å². The first-order valence-corrected chi connectivity index (χ1v) is 7.58. The molecule has 0 saturated carbocycles. The van der Waals surface area contributed by atoms with E-state index in [1.54, 1.807) is 6.07 Å². The molecule has 21 heavy (non-hydrogen) atoms. The number of halogens is 1. The standard InChI is InChI=1S/C16H24FNO3/c1-12(15-6-5-13(19)10-16(15)17)18-7-3-8-20-11-14-4-2-9-21-14/h5-6,10,12,14,18-19H,2-4,7-9,11H2,1H3. The number of rotatable bonds is 8. The van der Waals surface area contributed by atoms with Crippen molar-refractivity contribution in [3.05, 3.63) is 29.6 Å². The van der Waals surface area contributed by atoms with Crippen LogP contribution >= 0.6 is 0 Å². The zero-order valence-corrected chi connectivity index (χ0v) is 12.5. The van der Waals surface area contributed by atoms with E-state index in [4.69, 9.17) is 9.47 Å². The van der Waals surface area contributed by atoms with E-state index in [1.807, 2.05) is 6.92 Å². The lowest BCUT2D eigenvalue weighted by atomic mass is 10.1. The van der Waals surface area contributed by atoms with Crippen LogP contribution in [0.4, 0.5) is 4.39 Å². The summed E-state index contributed by atoms with van der Waals surface area (Å²) in [6.45, 7) is 4.86. The fraction of sp³-hybridized carbons (Fsp3) is 0.625. The summed E-state index contributed by atoms with van der Waals surface area (Å²) in [4.78, 5) is 0. The van der Waals surface area contributed by atoms with Crippen LogP contribution in [0.15, 0.2) is 18.2 Å². The Kier molecular flexibility index (Phi) is 6.42. The van der Waals surface area contributed by atoms with E-state index in [0.717, 1.165) is 38.5 Å². The van der Waals surface area contributed by atoms with Gasteiger partial charge in [-0.15, -0.1) is 0 Å². The SMILES string of the molecule is CC(NCCCOCC1CCCO1)c1ccc(O)cc1F. The number of phenols is 1. The summed E-state index contributed by atoms with van der Waals surface area (Å²) >= 11 is 0. The molecule has 2 unspecified atom stereocenters. The molecule has 2 N–H and O–H groups in total. The highest BCUT2D eigenvalue weighted by Crippen LogP contribution is 2.20. The Hall–Kier alpha value is -1.17. The number of hydrogen-bond donors (Lipinski definition) is 2. The van der Waals surface area contributed by atoms with Crippen LogP contribution in [0.5, 0.6) is 5.75 Å². The monoisotopic (exact) mass is 297 g/mol. The van der Waals surface area contributed by atoms with Crippen LogP contribution in [-0.4, -0.2) is 37.6 Å². The molecule has 1 heterocycles. The van der Waals surface area contributed by atoms with Gasteiger partial charge in [-0.25, -0.2) is 4.39 Å². The first-order chi connectivity index (χ1) is 10.2. The van der Waals surface area contributed by atoms with Crippen molar-refractivity contribution in [2.24, 2.45) is 0 Å². The van der Waals surface area contributed by atoms with Crippen LogP contribution in [0.2, 0.25) is 0 Å². The highest BCUT2D eigenvalue weighted by Gasteiger charge is 2.15. The molecule has 5 heteroatoms. The second-order valence-corrected chi connectivity index (χ2v) is 5.45. The fourth-order valence-electron chi connectivity index (χ4n) is 2.46. The number of benzene rings is 1. The highest BCUT2D eigenvalue weighted by atomic mass is 19.1. The fourth-order valence-corrected chi connectivity index (χ4v) is 2.46. The van der Waals surface area contributed by atoms with Gasteiger partial charge in [-0.1, -0.05) is 6.07 Å². The van der Waals surface area contributed by atoms with Gasteiger partial charge in [-0.2, -0.15) is 0 Å². The van der Waals surface area contributed by atoms with Gasteiger partial charge in [0.1, 0.15) is 11.6 Å². The molecule has 2 atom stereocenters. The van der Waals surface area contributed by atoms with E-state index in [9.17, 15) is 9.50 Å². The summed E-state index contributed by atoms with van der Waals surface area (Å²) in [7, 11) is 0. The third-order valence-corrected chi connectivity index (χ3v) is 3.69. The first-order valence-electron chi connectivity index (χ1n) is 7.58. The van der Waals surface area contributed by atoms with Crippen LogP contribution in [-0.2, 0) is 9.47 Å². The van der Waals surface area contributed by atoms with Crippen molar-refractivity contribution in [1.29, 1.82) is 0 Å². The minimum absolute atomic E-state index is 0.0500. The molecule has 4 nitrogen and oxygen atoms in total.